The topological polar surface area (TPSA) is 70.6 Å². The molecule has 1 aromatic rings. The second-order valence-electron chi connectivity index (χ2n) is 5.91. The molecule has 0 aliphatic rings. The van der Waals surface area contributed by atoms with Gasteiger partial charge in [-0.15, -0.1) is 0 Å². The normalized spacial score (nSPS) is 14.2. The van der Waals surface area contributed by atoms with Gasteiger partial charge in [0, 0.05) is 18.0 Å². The maximum Gasteiger partial charge on any atom is 0.140 e. The Hall–Kier alpha value is -1.55. The van der Waals surface area contributed by atoms with Crippen LogP contribution in [0.1, 0.15) is 45.6 Å². The molecule has 0 heterocycles. The Kier molecular flexibility index (Phi) is 6.52. The highest BCUT2D eigenvalue weighted by molar-refractivity contribution is 5.80. The van der Waals surface area contributed by atoms with Crippen molar-refractivity contribution in [2.75, 3.05) is 0 Å². The van der Waals surface area contributed by atoms with Crippen LogP contribution in [0, 0.1) is 0 Å². The minimum absolute atomic E-state index is 0.0201. The Morgan fingerprint density at radius 3 is 2.55 bits per heavy atom. The molecule has 4 N–H and O–H groups in total. The predicted octanol–water partition coefficient (Wildman–Crippen LogP) is 2.90. The first kappa shape index (κ1) is 16.5. The van der Waals surface area contributed by atoms with Gasteiger partial charge < -0.3 is 16.3 Å². The van der Waals surface area contributed by atoms with Crippen molar-refractivity contribution in [2.45, 2.75) is 58.0 Å². The van der Waals surface area contributed by atoms with Gasteiger partial charge in [-0.05, 0) is 38.7 Å². The molecule has 4 heteroatoms. The minimum atomic E-state index is 0.0201. The molecule has 4 nitrogen and oxygen atoms in total. The van der Waals surface area contributed by atoms with E-state index >= 15 is 0 Å². The van der Waals surface area contributed by atoms with Gasteiger partial charge in [0.25, 0.3) is 0 Å². The molecule has 0 amide bonds. The summed E-state index contributed by atoms with van der Waals surface area (Å²) in [6.07, 6.45) is 3.61. The first-order valence-electron chi connectivity index (χ1n) is 7.25. The van der Waals surface area contributed by atoms with Gasteiger partial charge in [0.05, 0.1) is 0 Å². The van der Waals surface area contributed by atoms with E-state index in [-0.39, 0.29) is 17.4 Å². The number of aryl methyl sites for hydroxylation is 1. The van der Waals surface area contributed by atoms with Crippen LogP contribution in [0.5, 0.6) is 0 Å². The summed E-state index contributed by atoms with van der Waals surface area (Å²) in [5.74, 6) is 0.281. The summed E-state index contributed by atoms with van der Waals surface area (Å²) < 4.78 is 0. The summed E-state index contributed by atoms with van der Waals surface area (Å²) in [7, 11) is 0. The Labute approximate surface area is 122 Å². The van der Waals surface area contributed by atoms with Crippen molar-refractivity contribution >= 4 is 5.84 Å². The molecule has 0 spiro atoms. The Morgan fingerprint density at radius 2 is 2.00 bits per heavy atom. The van der Waals surface area contributed by atoms with Gasteiger partial charge in [-0.25, -0.2) is 0 Å². The largest absolute Gasteiger partial charge is 0.409 e. The molecule has 0 saturated heterocycles. The average Bonchev–Trinajstić information content (AvgIpc) is 2.45. The predicted molar refractivity (Wildman–Crippen MR) is 84.1 cm³/mol. The van der Waals surface area contributed by atoms with Gasteiger partial charge in [0.1, 0.15) is 5.84 Å². The van der Waals surface area contributed by atoms with Crippen LogP contribution in [-0.2, 0) is 6.42 Å². The fourth-order valence-corrected chi connectivity index (χ4v) is 2.32. The molecule has 1 aromatic carbocycles. The van der Waals surface area contributed by atoms with Gasteiger partial charge in [0.15, 0.2) is 0 Å². The summed E-state index contributed by atoms with van der Waals surface area (Å²) in [6, 6.07) is 10.7. The van der Waals surface area contributed by atoms with Crippen molar-refractivity contribution < 1.29 is 5.21 Å². The van der Waals surface area contributed by atoms with Crippen molar-refractivity contribution in [3.63, 3.8) is 0 Å². The summed E-state index contributed by atoms with van der Waals surface area (Å²) in [4.78, 5) is 0. The zero-order valence-electron chi connectivity index (χ0n) is 12.8. The molecule has 0 radical (unpaired) electrons. The highest BCUT2D eigenvalue weighted by atomic mass is 16.4. The molecule has 0 aliphatic carbocycles. The highest BCUT2D eigenvalue weighted by Gasteiger charge is 2.21. The number of oxime groups is 1. The van der Waals surface area contributed by atoms with Crippen molar-refractivity contribution in [1.82, 2.24) is 5.32 Å². The lowest BCUT2D eigenvalue weighted by molar-refractivity contribution is 0.300. The van der Waals surface area contributed by atoms with E-state index in [1.165, 1.54) is 5.56 Å². The monoisotopic (exact) mass is 277 g/mol. The molecule has 1 rings (SSSR count). The maximum atomic E-state index is 8.66. The number of amidine groups is 1. The third kappa shape index (κ3) is 6.06. The van der Waals surface area contributed by atoms with Crippen LogP contribution < -0.4 is 11.1 Å². The lowest BCUT2D eigenvalue weighted by Crippen LogP contribution is -2.47. The van der Waals surface area contributed by atoms with Crippen LogP contribution in [0.15, 0.2) is 35.5 Å². The lowest BCUT2D eigenvalue weighted by Gasteiger charge is -2.31. The van der Waals surface area contributed by atoms with E-state index in [2.05, 4.69) is 55.5 Å². The number of nitrogens with two attached hydrogens (primary N) is 1. The van der Waals surface area contributed by atoms with Crippen LogP contribution in [0.4, 0.5) is 0 Å². The number of hydrogen-bond acceptors (Lipinski definition) is 3. The van der Waals surface area contributed by atoms with Crippen LogP contribution in [-0.4, -0.2) is 22.6 Å². The van der Waals surface area contributed by atoms with Gasteiger partial charge in [-0.1, -0.05) is 42.4 Å². The smallest absolute Gasteiger partial charge is 0.140 e. The summed E-state index contributed by atoms with van der Waals surface area (Å²) in [5, 5.41) is 15.3. The number of nitrogens with one attached hydrogen (secondary N) is 1. The Bertz CT molecular complexity index is 415. The molecular formula is C16H27N3O. The first-order chi connectivity index (χ1) is 9.46. The summed E-state index contributed by atoms with van der Waals surface area (Å²) in [5.41, 5.74) is 6.97. The SMILES string of the molecule is CCC(C/C(N)=N/O)NC(C)(C)CCc1ccccc1. The fraction of sp³-hybridized carbons (Fsp3) is 0.562. The third-order valence-electron chi connectivity index (χ3n) is 3.55. The first-order valence-corrected chi connectivity index (χ1v) is 7.25. The number of hydrogen-bond donors (Lipinski definition) is 3. The maximum absolute atomic E-state index is 8.66. The standard InChI is InChI=1S/C16H27N3O/c1-4-14(12-15(17)19-20)18-16(2,3)11-10-13-8-6-5-7-9-13/h5-9,14,18,20H,4,10-12H2,1-3H3,(H2,17,19). The Morgan fingerprint density at radius 1 is 1.35 bits per heavy atom. The molecule has 1 atom stereocenters. The zero-order valence-corrected chi connectivity index (χ0v) is 12.8. The highest BCUT2D eigenvalue weighted by Crippen LogP contribution is 2.16. The Balaban J connectivity index is 2.50. The van der Waals surface area contributed by atoms with Gasteiger partial charge in [-0.3, -0.25) is 0 Å². The van der Waals surface area contributed by atoms with E-state index in [9.17, 15) is 0 Å². The second-order valence-corrected chi connectivity index (χ2v) is 5.91. The number of benzene rings is 1. The number of nitrogens with zero attached hydrogens (tertiary/aromatic N) is 1. The van der Waals surface area contributed by atoms with Crippen molar-refractivity contribution in [3.8, 4) is 0 Å². The van der Waals surface area contributed by atoms with Crippen molar-refractivity contribution in [1.29, 1.82) is 0 Å². The molecule has 20 heavy (non-hydrogen) atoms. The fourth-order valence-electron chi connectivity index (χ4n) is 2.32. The van der Waals surface area contributed by atoms with Gasteiger partial charge >= 0.3 is 0 Å². The molecule has 0 bridgehead atoms. The van der Waals surface area contributed by atoms with E-state index in [1.807, 2.05) is 6.07 Å². The average molecular weight is 277 g/mol. The molecule has 0 fully saturated rings. The summed E-state index contributed by atoms with van der Waals surface area (Å²) >= 11 is 0. The molecule has 0 aromatic heterocycles. The van der Waals surface area contributed by atoms with Crippen LogP contribution in [0.25, 0.3) is 0 Å². The van der Waals surface area contributed by atoms with E-state index in [4.69, 9.17) is 10.9 Å². The quantitative estimate of drug-likeness (QED) is 0.296. The third-order valence-corrected chi connectivity index (χ3v) is 3.55. The lowest BCUT2D eigenvalue weighted by atomic mass is 9.93. The minimum Gasteiger partial charge on any atom is -0.409 e. The molecule has 112 valence electrons. The van der Waals surface area contributed by atoms with Crippen LogP contribution in [0.3, 0.4) is 0 Å². The van der Waals surface area contributed by atoms with E-state index in [1.54, 1.807) is 0 Å². The van der Waals surface area contributed by atoms with Gasteiger partial charge in [0.2, 0.25) is 0 Å². The molecule has 1 unspecified atom stereocenters. The zero-order chi connectivity index (χ0) is 15.0. The van der Waals surface area contributed by atoms with E-state index in [0.29, 0.717) is 6.42 Å². The van der Waals surface area contributed by atoms with Crippen LogP contribution in [0.2, 0.25) is 0 Å². The summed E-state index contributed by atoms with van der Waals surface area (Å²) in [6.45, 7) is 6.51. The van der Waals surface area contributed by atoms with Crippen molar-refractivity contribution in [2.24, 2.45) is 10.9 Å². The van der Waals surface area contributed by atoms with Crippen LogP contribution >= 0.6 is 0 Å². The van der Waals surface area contributed by atoms with E-state index in [0.717, 1.165) is 19.3 Å². The molecular weight excluding hydrogens is 250 g/mol. The molecule has 0 saturated carbocycles. The van der Waals surface area contributed by atoms with Gasteiger partial charge in [-0.2, -0.15) is 0 Å². The van der Waals surface area contributed by atoms with Crippen molar-refractivity contribution in [3.05, 3.63) is 35.9 Å². The molecule has 0 aliphatic heterocycles. The second kappa shape index (κ2) is 7.90. The van der Waals surface area contributed by atoms with E-state index < -0.39 is 0 Å². The number of rotatable bonds is 8.